The van der Waals surface area contributed by atoms with Gasteiger partial charge in [-0.15, -0.1) is 0 Å². The molecule has 1 rings (SSSR count). The maximum atomic E-state index is 12.1. The maximum absolute atomic E-state index is 12.1. The molecular weight excluding hydrogens is 227 g/mol. The average Bonchev–Trinajstić information content (AvgIpc) is 2.63. The van der Waals surface area contributed by atoms with Gasteiger partial charge in [0.05, 0.1) is 0 Å². The Morgan fingerprint density at radius 2 is 1.94 bits per heavy atom. The van der Waals surface area contributed by atoms with Crippen LogP contribution in [0.4, 0.5) is 13.2 Å². The lowest BCUT2D eigenvalue weighted by molar-refractivity contribution is -0.159. The lowest BCUT2D eigenvalue weighted by Crippen LogP contribution is -2.34. The van der Waals surface area contributed by atoms with Gasteiger partial charge < -0.3 is 15.4 Å². The van der Waals surface area contributed by atoms with Crippen molar-refractivity contribution in [3.63, 3.8) is 0 Å². The Morgan fingerprint density at radius 3 is 2.31 bits per heavy atom. The molecule has 0 amide bonds. The molecule has 0 saturated carbocycles. The second-order valence-electron chi connectivity index (χ2n) is 3.72. The lowest BCUT2D eigenvalue weighted by Gasteiger charge is -2.18. The Kier molecular flexibility index (Phi) is 3.54. The zero-order valence-corrected chi connectivity index (χ0v) is 8.69. The van der Waals surface area contributed by atoms with Gasteiger partial charge in [0.25, 0.3) is 0 Å². The third-order valence-electron chi connectivity index (χ3n) is 2.08. The van der Waals surface area contributed by atoms with Crippen molar-refractivity contribution < 1.29 is 22.8 Å². The Balaban J connectivity index is 2.86. The minimum Gasteiger partial charge on any atom is -0.383 e. The van der Waals surface area contributed by atoms with E-state index in [2.05, 4.69) is 14.7 Å². The maximum Gasteiger partial charge on any atom is 0.471 e. The van der Waals surface area contributed by atoms with Crippen molar-refractivity contribution in [2.45, 2.75) is 32.2 Å². The van der Waals surface area contributed by atoms with Crippen LogP contribution in [0.3, 0.4) is 0 Å². The van der Waals surface area contributed by atoms with E-state index in [1.807, 2.05) is 0 Å². The van der Waals surface area contributed by atoms with Crippen LogP contribution in [0.1, 0.15) is 31.7 Å². The summed E-state index contributed by atoms with van der Waals surface area (Å²) in [7, 11) is 0. The van der Waals surface area contributed by atoms with Gasteiger partial charge in [0.1, 0.15) is 6.10 Å². The highest BCUT2D eigenvalue weighted by Crippen LogP contribution is 2.28. The molecule has 0 aliphatic carbocycles. The summed E-state index contributed by atoms with van der Waals surface area (Å²) in [4.78, 5) is 3.05. The van der Waals surface area contributed by atoms with Crippen LogP contribution in [-0.2, 0) is 6.18 Å². The molecule has 0 bridgehead atoms. The molecule has 8 heteroatoms. The quantitative estimate of drug-likeness (QED) is 0.825. The number of hydrogen-bond donors (Lipinski definition) is 2. The SMILES string of the molecule is CC(C)[C@H](N)C(O)c1noc(C(F)(F)F)n1. The third kappa shape index (κ3) is 2.70. The van der Waals surface area contributed by atoms with Gasteiger partial charge in [0.2, 0.25) is 5.82 Å². The molecule has 92 valence electrons. The number of aliphatic hydroxyl groups excluding tert-OH is 1. The Morgan fingerprint density at radius 1 is 1.38 bits per heavy atom. The van der Waals surface area contributed by atoms with E-state index in [-0.39, 0.29) is 5.92 Å². The number of nitrogens with zero attached hydrogens (tertiary/aromatic N) is 2. The summed E-state index contributed by atoms with van der Waals surface area (Å²) in [6.07, 6.45) is -6.09. The smallest absolute Gasteiger partial charge is 0.383 e. The summed E-state index contributed by atoms with van der Waals surface area (Å²) >= 11 is 0. The predicted molar refractivity (Wildman–Crippen MR) is 47.1 cm³/mol. The van der Waals surface area contributed by atoms with Gasteiger partial charge in [-0.2, -0.15) is 18.2 Å². The van der Waals surface area contributed by atoms with Gasteiger partial charge in [-0.25, -0.2) is 0 Å². The Bertz CT molecular complexity index is 351. The van der Waals surface area contributed by atoms with E-state index in [1.165, 1.54) is 0 Å². The highest BCUT2D eigenvalue weighted by molar-refractivity contribution is 4.97. The molecule has 0 aromatic carbocycles. The molecule has 0 radical (unpaired) electrons. The fourth-order valence-electron chi connectivity index (χ4n) is 1.01. The van der Waals surface area contributed by atoms with Crippen LogP contribution in [0.25, 0.3) is 0 Å². The summed E-state index contributed by atoms with van der Waals surface area (Å²) in [5, 5.41) is 12.6. The van der Waals surface area contributed by atoms with Crippen molar-refractivity contribution in [2.24, 2.45) is 11.7 Å². The lowest BCUT2D eigenvalue weighted by atomic mass is 9.99. The molecule has 1 heterocycles. The summed E-state index contributed by atoms with van der Waals surface area (Å²) in [5.74, 6) is -2.06. The molecule has 0 aliphatic rings. The summed E-state index contributed by atoms with van der Waals surface area (Å²) in [5.41, 5.74) is 5.56. The first-order valence-electron chi connectivity index (χ1n) is 4.58. The van der Waals surface area contributed by atoms with Crippen LogP contribution in [0.15, 0.2) is 4.52 Å². The van der Waals surface area contributed by atoms with E-state index < -0.39 is 30.0 Å². The first-order chi connectivity index (χ1) is 7.23. The monoisotopic (exact) mass is 239 g/mol. The van der Waals surface area contributed by atoms with Gasteiger partial charge in [-0.05, 0) is 5.92 Å². The molecule has 16 heavy (non-hydrogen) atoms. The van der Waals surface area contributed by atoms with Crippen LogP contribution in [0.2, 0.25) is 0 Å². The van der Waals surface area contributed by atoms with Gasteiger partial charge in [-0.1, -0.05) is 19.0 Å². The van der Waals surface area contributed by atoms with Crippen LogP contribution < -0.4 is 5.73 Å². The zero-order valence-electron chi connectivity index (χ0n) is 8.69. The number of aromatic nitrogens is 2. The fourth-order valence-corrected chi connectivity index (χ4v) is 1.01. The Labute approximate surface area is 89.4 Å². The molecule has 0 fully saturated rings. The topological polar surface area (TPSA) is 85.2 Å². The van der Waals surface area contributed by atoms with E-state index >= 15 is 0 Å². The molecular formula is C8H12F3N3O2. The van der Waals surface area contributed by atoms with Gasteiger partial charge in [-0.3, -0.25) is 0 Å². The average molecular weight is 239 g/mol. The Hall–Kier alpha value is -1.15. The van der Waals surface area contributed by atoms with Crippen LogP contribution in [0.5, 0.6) is 0 Å². The first kappa shape index (κ1) is 12.9. The molecule has 1 aromatic heterocycles. The largest absolute Gasteiger partial charge is 0.471 e. The summed E-state index contributed by atoms with van der Waals surface area (Å²) in [6, 6.07) is -0.751. The van der Waals surface area contributed by atoms with Crippen molar-refractivity contribution in [2.75, 3.05) is 0 Å². The van der Waals surface area contributed by atoms with E-state index in [0.717, 1.165) is 0 Å². The number of aliphatic hydroxyl groups is 1. The van der Waals surface area contributed by atoms with Crippen LogP contribution >= 0.6 is 0 Å². The van der Waals surface area contributed by atoms with Crippen molar-refractivity contribution in [3.8, 4) is 0 Å². The van der Waals surface area contributed by atoms with Gasteiger partial charge in [0, 0.05) is 6.04 Å². The van der Waals surface area contributed by atoms with E-state index in [0.29, 0.717) is 0 Å². The highest BCUT2D eigenvalue weighted by atomic mass is 19.4. The number of halogens is 3. The molecule has 2 atom stereocenters. The first-order valence-corrected chi connectivity index (χ1v) is 4.58. The summed E-state index contributed by atoms with van der Waals surface area (Å²) < 4.78 is 40.3. The molecule has 1 aromatic rings. The van der Waals surface area contributed by atoms with E-state index in [4.69, 9.17) is 5.73 Å². The summed E-state index contributed by atoms with van der Waals surface area (Å²) in [6.45, 7) is 3.44. The fraction of sp³-hybridized carbons (Fsp3) is 0.750. The standard InChI is InChI=1S/C8H12F3N3O2/c1-3(2)4(12)5(15)6-13-7(16-14-6)8(9,10)11/h3-5,15H,12H2,1-2H3/t4-,5?/m0/s1. The molecule has 1 unspecified atom stereocenters. The van der Waals surface area contributed by atoms with Crippen molar-refractivity contribution in [1.29, 1.82) is 0 Å². The number of hydrogen-bond acceptors (Lipinski definition) is 5. The second kappa shape index (κ2) is 4.38. The second-order valence-corrected chi connectivity index (χ2v) is 3.72. The van der Waals surface area contributed by atoms with Crippen LogP contribution in [0, 0.1) is 5.92 Å². The van der Waals surface area contributed by atoms with E-state index in [9.17, 15) is 18.3 Å². The number of alkyl halides is 3. The van der Waals surface area contributed by atoms with Crippen molar-refractivity contribution in [3.05, 3.63) is 11.7 Å². The predicted octanol–water partition coefficient (Wildman–Crippen LogP) is 1.11. The third-order valence-corrected chi connectivity index (χ3v) is 2.08. The van der Waals surface area contributed by atoms with Gasteiger partial charge in [0.15, 0.2) is 0 Å². The van der Waals surface area contributed by atoms with Crippen molar-refractivity contribution in [1.82, 2.24) is 10.1 Å². The minimum atomic E-state index is -4.72. The van der Waals surface area contributed by atoms with Gasteiger partial charge >= 0.3 is 12.1 Å². The molecule has 0 aliphatic heterocycles. The molecule has 5 nitrogen and oxygen atoms in total. The molecule has 0 saturated heterocycles. The van der Waals surface area contributed by atoms with E-state index in [1.54, 1.807) is 13.8 Å². The molecule has 0 spiro atoms. The van der Waals surface area contributed by atoms with Crippen LogP contribution in [-0.4, -0.2) is 21.3 Å². The minimum absolute atomic E-state index is 0.122. The molecule has 3 N–H and O–H groups in total. The van der Waals surface area contributed by atoms with Crippen molar-refractivity contribution >= 4 is 0 Å². The zero-order chi connectivity index (χ0) is 12.5. The normalized spacial score (nSPS) is 16.5. The highest BCUT2D eigenvalue weighted by Gasteiger charge is 2.39. The number of rotatable bonds is 3. The number of nitrogens with two attached hydrogens (primary N) is 1.